The van der Waals surface area contributed by atoms with E-state index in [1.54, 1.807) is 6.07 Å². The number of benzene rings is 1. The van der Waals surface area contributed by atoms with E-state index in [0.29, 0.717) is 12.3 Å². The van der Waals surface area contributed by atoms with E-state index in [1.165, 1.54) is 0 Å². The summed E-state index contributed by atoms with van der Waals surface area (Å²) >= 11 is 0. The molecule has 1 unspecified atom stereocenters. The molecule has 1 aromatic rings. The Balaban J connectivity index is 2.42. The zero-order valence-corrected chi connectivity index (χ0v) is 14.2. The molecule has 4 heteroatoms. The van der Waals surface area contributed by atoms with Crippen LogP contribution in [0.25, 0.3) is 0 Å². The summed E-state index contributed by atoms with van der Waals surface area (Å²) in [6.07, 6.45) is 3.72. The van der Waals surface area contributed by atoms with E-state index in [1.807, 2.05) is 43.1 Å². The van der Waals surface area contributed by atoms with Gasteiger partial charge in [-0.3, -0.25) is 4.79 Å². The highest BCUT2D eigenvalue weighted by Crippen LogP contribution is 2.39. The first-order chi connectivity index (χ1) is 10.4. The highest BCUT2D eigenvalue weighted by molar-refractivity contribution is 5.88. The first kappa shape index (κ1) is 16.8. The summed E-state index contributed by atoms with van der Waals surface area (Å²) in [5.74, 6) is 0.478. The van der Waals surface area contributed by atoms with Gasteiger partial charge in [-0.15, -0.1) is 0 Å². The number of nitrogens with zero attached hydrogens (tertiary/aromatic N) is 2. The third kappa shape index (κ3) is 3.12. The van der Waals surface area contributed by atoms with Crippen molar-refractivity contribution in [1.82, 2.24) is 9.80 Å². The van der Waals surface area contributed by atoms with Crippen LogP contribution in [-0.4, -0.2) is 48.5 Å². The molecule has 1 aromatic carbocycles. The molecular formula is C18H28N2O2. The lowest BCUT2D eigenvalue weighted by atomic mass is 9.73. The average Bonchev–Trinajstić information content (AvgIpc) is 2.62. The maximum Gasteiger partial charge on any atom is 0.232 e. The van der Waals surface area contributed by atoms with Gasteiger partial charge in [0, 0.05) is 25.7 Å². The molecule has 0 aromatic heterocycles. The van der Waals surface area contributed by atoms with Crippen LogP contribution in [0.4, 0.5) is 0 Å². The minimum absolute atomic E-state index is 0.187. The van der Waals surface area contributed by atoms with Gasteiger partial charge in [0.2, 0.25) is 5.91 Å². The Bertz CT molecular complexity index is 542. The number of phenolic OH excluding ortho intramolecular Hbond substituents is 1. The van der Waals surface area contributed by atoms with E-state index < -0.39 is 5.41 Å². The van der Waals surface area contributed by atoms with Gasteiger partial charge < -0.3 is 14.9 Å². The Hall–Kier alpha value is -1.55. The number of likely N-dealkylation sites (N-methyl/N-ethyl adjacent to an activating group) is 1. The van der Waals surface area contributed by atoms with Crippen LogP contribution in [0.15, 0.2) is 18.2 Å². The molecule has 1 amide bonds. The zero-order chi connectivity index (χ0) is 16.3. The second-order valence-corrected chi connectivity index (χ2v) is 6.70. The molecule has 122 valence electrons. The molecule has 0 aliphatic carbocycles. The van der Waals surface area contributed by atoms with Gasteiger partial charge in [0.15, 0.2) is 0 Å². The third-order valence-electron chi connectivity index (χ3n) is 4.83. The molecule has 1 saturated heterocycles. The Kier molecular flexibility index (Phi) is 5.12. The molecule has 0 spiro atoms. The quantitative estimate of drug-likeness (QED) is 0.930. The minimum atomic E-state index is -0.487. The number of amides is 1. The normalized spacial score (nSPS) is 23.0. The highest BCUT2D eigenvalue weighted by Gasteiger charge is 2.41. The van der Waals surface area contributed by atoms with Gasteiger partial charge in [0.1, 0.15) is 5.75 Å². The number of likely N-dealkylation sites (tertiary alicyclic amines) is 1. The highest BCUT2D eigenvalue weighted by atomic mass is 16.3. The fourth-order valence-electron chi connectivity index (χ4n) is 3.49. The van der Waals surface area contributed by atoms with Gasteiger partial charge in [0.25, 0.3) is 0 Å². The molecule has 0 radical (unpaired) electrons. The Morgan fingerprint density at radius 3 is 2.64 bits per heavy atom. The van der Waals surface area contributed by atoms with Crippen molar-refractivity contribution < 1.29 is 9.90 Å². The van der Waals surface area contributed by atoms with Crippen molar-refractivity contribution in [2.75, 3.05) is 27.7 Å². The van der Waals surface area contributed by atoms with Gasteiger partial charge in [-0.1, -0.05) is 25.5 Å². The summed E-state index contributed by atoms with van der Waals surface area (Å²) in [4.78, 5) is 16.8. The van der Waals surface area contributed by atoms with Crippen LogP contribution in [0, 0.1) is 0 Å². The average molecular weight is 304 g/mol. The number of rotatable bonds is 4. The summed E-state index contributed by atoms with van der Waals surface area (Å²) in [6.45, 7) is 3.59. The second kappa shape index (κ2) is 6.69. The van der Waals surface area contributed by atoms with Crippen molar-refractivity contribution in [2.24, 2.45) is 0 Å². The maximum absolute atomic E-state index is 12.9. The molecular weight excluding hydrogens is 276 g/mol. The van der Waals surface area contributed by atoms with Crippen LogP contribution in [0.2, 0.25) is 0 Å². The van der Waals surface area contributed by atoms with Crippen LogP contribution in [-0.2, 0) is 16.8 Å². The van der Waals surface area contributed by atoms with Crippen LogP contribution < -0.4 is 0 Å². The Labute approximate surface area is 133 Å². The van der Waals surface area contributed by atoms with Gasteiger partial charge in [0.05, 0.1) is 5.41 Å². The Morgan fingerprint density at radius 2 is 2.05 bits per heavy atom. The first-order valence-electron chi connectivity index (χ1n) is 8.13. The summed E-state index contributed by atoms with van der Waals surface area (Å²) in [5.41, 5.74) is 1.36. The Morgan fingerprint density at radius 1 is 1.32 bits per heavy atom. The van der Waals surface area contributed by atoms with E-state index in [4.69, 9.17) is 0 Å². The summed E-state index contributed by atoms with van der Waals surface area (Å²) < 4.78 is 0. The van der Waals surface area contributed by atoms with Crippen molar-refractivity contribution >= 4 is 5.91 Å². The predicted octanol–water partition coefficient (Wildman–Crippen LogP) is 2.74. The van der Waals surface area contributed by atoms with Gasteiger partial charge in [-0.25, -0.2) is 0 Å². The van der Waals surface area contributed by atoms with Crippen LogP contribution in [0.3, 0.4) is 0 Å². The van der Waals surface area contributed by atoms with E-state index in [0.717, 1.165) is 43.4 Å². The van der Waals surface area contributed by atoms with Gasteiger partial charge >= 0.3 is 0 Å². The number of aromatic hydroxyl groups is 1. The lowest BCUT2D eigenvalue weighted by molar-refractivity contribution is -0.135. The molecule has 0 saturated carbocycles. The van der Waals surface area contributed by atoms with E-state index in [2.05, 4.69) is 6.92 Å². The van der Waals surface area contributed by atoms with Gasteiger partial charge in [-0.2, -0.15) is 0 Å². The fraction of sp³-hybridized carbons (Fsp3) is 0.611. The van der Waals surface area contributed by atoms with E-state index in [9.17, 15) is 9.90 Å². The molecule has 4 nitrogen and oxygen atoms in total. The summed E-state index contributed by atoms with van der Waals surface area (Å²) in [7, 11) is 5.84. The number of carbonyl (C=O) groups is 1. The van der Waals surface area contributed by atoms with Crippen molar-refractivity contribution in [3.63, 3.8) is 0 Å². The predicted molar refractivity (Wildman–Crippen MR) is 89.0 cm³/mol. The summed E-state index contributed by atoms with van der Waals surface area (Å²) in [5, 5.41) is 10.4. The molecule has 1 aliphatic rings. The second-order valence-electron chi connectivity index (χ2n) is 6.70. The van der Waals surface area contributed by atoms with Crippen LogP contribution in [0.1, 0.15) is 43.7 Å². The fourth-order valence-corrected chi connectivity index (χ4v) is 3.49. The lowest BCUT2D eigenvalue weighted by Crippen LogP contribution is -2.43. The molecule has 2 rings (SSSR count). The molecule has 0 bridgehead atoms. The first-order valence-corrected chi connectivity index (χ1v) is 8.13. The maximum atomic E-state index is 12.9. The van der Waals surface area contributed by atoms with Gasteiger partial charge in [-0.05, 0) is 45.0 Å². The number of hydrogen-bond acceptors (Lipinski definition) is 3. The topological polar surface area (TPSA) is 43.8 Å². The molecule has 1 N–H and O–H groups in total. The molecule has 1 heterocycles. The van der Waals surface area contributed by atoms with Crippen LogP contribution in [0.5, 0.6) is 5.75 Å². The number of carbonyl (C=O) groups excluding carboxylic acids is 1. The number of phenols is 1. The summed E-state index contributed by atoms with van der Waals surface area (Å²) in [6, 6.07) is 5.79. The number of hydrogen-bond donors (Lipinski definition) is 1. The van der Waals surface area contributed by atoms with Crippen LogP contribution >= 0.6 is 0 Å². The monoisotopic (exact) mass is 304 g/mol. The smallest absolute Gasteiger partial charge is 0.232 e. The van der Waals surface area contributed by atoms with Crippen molar-refractivity contribution in [2.45, 2.75) is 44.6 Å². The minimum Gasteiger partial charge on any atom is -0.508 e. The van der Waals surface area contributed by atoms with Crippen molar-refractivity contribution in [1.29, 1.82) is 0 Å². The van der Waals surface area contributed by atoms with E-state index in [-0.39, 0.29) is 5.91 Å². The standard InChI is InChI=1S/C18H28N2O2/c1-5-18(10-6-7-11-20(4)17(18)22)15-9-8-14(13-19(2)3)16(21)12-15/h8-9,12,21H,5-7,10-11,13H2,1-4H3. The molecule has 1 aliphatic heterocycles. The van der Waals surface area contributed by atoms with E-state index >= 15 is 0 Å². The third-order valence-corrected chi connectivity index (χ3v) is 4.83. The van der Waals surface area contributed by atoms with Crippen molar-refractivity contribution in [3.8, 4) is 5.75 Å². The molecule has 1 fully saturated rings. The SMILES string of the molecule is CCC1(c2ccc(CN(C)C)c(O)c2)CCCCN(C)C1=O. The molecule has 22 heavy (non-hydrogen) atoms. The molecule has 1 atom stereocenters. The zero-order valence-electron chi connectivity index (χ0n) is 14.2. The lowest BCUT2D eigenvalue weighted by Gasteiger charge is -2.33. The largest absolute Gasteiger partial charge is 0.508 e. The van der Waals surface area contributed by atoms with Crippen molar-refractivity contribution in [3.05, 3.63) is 29.3 Å².